The number of thiophene rings is 1. The van der Waals surface area contributed by atoms with Crippen LogP contribution in [0, 0.1) is 6.92 Å². The Balaban J connectivity index is 1.45. The molecule has 0 spiro atoms. The van der Waals surface area contributed by atoms with Crippen LogP contribution in [0.25, 0.3) is 21.3 Å². The molecule has 4 aromatic rings. The Bertz CT molecular complexity index is 1050. The summed E-state index contributed by atoms with van der Waals surface area (Å²) >= 11 is 3.32. The molecule has 2 aromatic carbocycles. The number of carbonyl (C=O) groups excluding carboxylic acids is 1. The summed E-state index contributed by atoms with van der Waals surface area (Å²) < 4.78 is 0. The zero-order valence-electron chi connectivity index (χ0n) is 13.7. The van der Waals surface area contributed by atoms with Gasteiger partial charge in [0.25, 0.3) is 5.91 Å². The first-order chi connectivity index (χ1) is 12.2. The van der Waals surface area contributed by atoms with E-state index in [2.05, 4.69) is 27.8 Å². The highest BCUT2D eigenvalue weighted by atomic mass is 32.1. The highest BCUT2D eigenvalue weighted by Crippen LogP contribution is 2.29. The van der Waals surface area contributed by atoms with E-state index < -0.39 is 0 Å². The molecule has 0 saturated heterocycles. The van der Waals surface area contributed by atoms with E-state index in [4.69, 9.17) is 0 Å². The second-order valence-electron chi connectivity index (χ2n) is 5.76. The van der Waals surface area contributed by atoms with Gasteiger partial charge in [0.05, 0.1) is 22.1 Å². The Kier molecular flexibility index (Phi) is 4.34. The van der Waals surface area contributed by atoms with Crippen LogP contribution >= 0.6 is 22.7 Å². The summed E-state index contributed by atoms with van der Waals surface area (Å²) in [5.41, 5.74) is 1.70. The lowest BCUT2D eigenvalue weighted by Crippen LogP contribution is -2.22. The van der Waals surface area contributed by atoms with Gasteiger partial charge in [0.2, 0.25) is 0 Å². The van der Waals surface area contributed by atoms with Gasteiger partial charge in [-0.3, -0.25) is 4.79 Å². The highest BCUT2D eigenvalue weighted by Gasteiger charge is 2.09. The number of aryl methyl sites for hydroxylation is 1. The number of aromatic nitrogens is 1. The Hall–Kier alpha value is -2.50. The van der Waals surface area contributed by atoms with Gasteiger partial charge in [0, 0.05) is 15.8 Å². The Morgan fingerprint density at radius 2 is 1.92 bits per heavy atom. The molecule has 1 N–H and O–H groups in total. The van der Waals surface area contributed by atoms with E-state index in [0.29, 0.717) is 12.1 Å². The summed E-state index contributed by atoms with van der Waals surface area (Å²) in [6.07, 6.45) is 0. The molecule has 2 heterocycles. The van der Waals surface area contributed by atoms with Crippen molar-refractivity contribution >= 4 is 39.4 Å². The topological polar surface area (TPSA) is 42.0 Å². The number of rotatable bonds is 4. The van der Waals surface area contributed by atoms with Crippen molar-refractivity contribution in [2.45, 2.75) is 13.5 Å². The van der Waals surface area contributed by atoms with Crippen LogP contribution in [-0.4, -0.2) is 10.9 Å². The number of hydrogen-bond acceptors (Lipinski definition) is 4. The first-order valence-corrected chi connectivity index (χ1v) is 9.67. The van der Waals surface area contributed by atoms with E-state index in [1.165, 1.54) is 0 Å². The van der Waals surface area contributed by atoms with Crippen molar-refractivity contribution in [2.24, 2.45) is 0 Å². The zero-order valence-corrected chi connectivity index (χ0v) is 15.3. The molecule has 2 aromatic heterocycles. The molecule has 0 fully saturated rings. The second kappa shape index (κ2) is 6.78. The molecule has 1 amide bonds. The molecular weight excluding hydrogens is 348 g/mol. The number of carbonyl (C=O) groups is 1. The van der Waals surface area contributed by atoms with Crippen molar-refractivity contribution in [3.8, 4) is 10.6 Å². The molecule has 0 aliphatic rings. The summed E-state index contributed by atoms with van der Waals surface area (Å²) in [7, 11) is 0. The molecule has 124 valence electrons. The summed E-state index contributed by atoms with van der Waals surface area (Å²) in [4.78, 5) is 19.2. The van der Waals surface area contributed by atoms with Gasteiger partial charge in [-0.25, -0.2) is 4.98 Å². The van der Waals surface area contributed by atoms with Crippen LogP contribution in [0.5, 0.6) is 0 Å². The normalized spacial score (nSPS) is 10.9. The second-order valence-corrected chi connectivity index (χ2v) is 7.99. The summed E-state index contributed by atoms with van der Waals surface area (Å²) in [6.45, 7) is 2.53. The Morgan fingerprint density at radius 3 is 2.72 bits per heavy atom. The predicted octanol–water partition coefficient (Wildman–Crippen LogP) is 5.26. The van der Waals surface area contributed by atoms with Gasteiger partial charge in [0.1, 0.15) is 0 Å². The maximum absolute atomic E-state index is 12.4. The summed E-state index contributed by atoms with van der Waals surface area (Å²) in [5, 5.41) is 8.35. The van der Waals surface area contributed by atoms with Gasteiger partial charge in [-0.05, 0) is 42.0 Å². The van der Waals surface area contributed by atoms with E-state index in [0.717, 1.165) is 31.2 Å². The van der Waals surface area contributed by atoms with Crippen molar-refractivity contribution in [3.63, 3.8) is 0 Å². The van der Waals surface area contributed by atoms with E-state index in [9.17, 15) is 4.79 Å². The molecule has 3 nitrogen and oxygen atoms in total. The molecule has 25 heavy (non-hydrogen) atoms. The quantitative estimate of drug-likeness (QED) is 0.536. The molecule has 0 saturated carbocycles. The first kappa shape index (κ1) is 16.0. The largest absolute Gasteiger partial charge is 0.347 e. The summed E-state index contributed by atoms with van der Waals surface area (Å²) in [5.74, 6) is -0.0507. The number of fused-ring (bicyclic) bond motifs is 1. The van der Waals surface area contributed by atoms with Crippen LogP contribution in [0.1, 0.15) is 20.2 Å². The number of hydrogen-bond donors (Lipinski definition) is 1. The average Bonchev–Trinajstić information content (AvgIpc) is 3.28. The summed E-state index contributed by atoms with van der Waals surface area (Å²) in [6, 6.07) is 18.0. The maximum Gasteiger partial charge on any atom is 0.251 e. The lowest BCUT2D eigenvalue weighted by atomic mass is 10.1. The Labute approximate surface area is 154 Å². The van der Waals surface area contributed by atoms with Crippen molar-refractivity contribution in [3.05, 3.63) is 75.4 Å². The third-order valence-corrected chi connectivity index (χ3v) is 5.85. The number of nitrogens with zero attached hydrogens (tertiary/aromatic N) is 1. The SMILES string of the molecule is Cc1nc(-c2ccc(CNC(=O)c3ccc4ccccc4c3)s2)cs1. The van der Waals surface area contributed by atoms with E-state index >= 15 is 0 Å². The number of benzene rings is 2. The van der Waals surface area contributed by atoms with Crippen molar-refractivity contribution < 1.29 is 4.79 Å². The molecule has 0 aliphatic heterocycles. The average molecular weight is 364 g/mol. The minimum absolute atomic E-state index is 0.0507. The van der Waals surface area contributed by atoms with Crippen molar-refractivity contribution in [1.82, 2.24) is 10.3 Å². The van der Waals surface area contributed by atoms with Crippen LogP contribution in [-0.2, 0) is 6.54 Å². The number of thiazole rings is 1. The molecule has 0 atom stereocenters. The molecule has 0 bridgehead atoms. The van der Waals surface area contributed by atoms with E-state index in [1.54, 1.807) is 22.7 Å². The number of nitrogens with one attached hydrogen (secondary N) is 1. The molecule has 4 rings (SSSR count). The molecular formula is C20H16N2OS2. The fourth-order valence-electron chi connectivity index (χ4n) is 2.69. The predicted molar refractivity (Wildman–Crippen MR) is 105 cm³/mol. The fraction of sp³-hybridized carbons (Fsp3) is 0.100. The van der Waals surface area contributed by atoms with Crippen LogP contribution in [0.2, 0.25) is 0 Å². The molecule has 0 aliphatic carbocycles. The van der Waals surface area contributed by atoms with Gasteiger partial charge in [-0.1, -0.05) is 30.3 Å². The van der Waals surface area contributed by atoms with Gasteiger partial charge >= 0.3 is 0 Å². The smallest absolute Gasteiger partial charge is 0.251 e. The lowest BCUT2D eigenvalue weighted by molar-refractivity contribution is 0.0951. The lowest BCUT2D eigenvalue weighted by Gasteiger charge is -2.05. The standard InChI is InChI=1S/C20H16N2OS2/c1-13-22-18(12-24-13)19-9-8-17(25-19)11-21-20(23)16-7-6-14-4-2-3-5-15(14)10-16/h2-10,12H,11H2,1H3,(H,21,23). The monoisotopic (exact) mass is 364 g/mol. The van der Waals surface area contributed by atoms with Gasteiger partial charge in [-0.15, -0.1) is 22.7 Å². The van der Waals surface area contributed by atoms with E-state index in [1.807, 2.05) is 49.4 Å². The highest BCUT2D eigenvalue weighted by molar-refractivity contribution is 7.16. The van der Waals surface area contributed by atoms with Crippen LogP contribution in [0.3, 0.4) is 0 Å². The van der Waals surface area contributed by atoms with Crippen molar-refractivity contribution in [1.29, 1.82) is 0 Å². The minimum atomic E-state index is -0.0507. The third kappa shape index (κ3) is 3.48. The third-order valence-electron chi connectivity index (χ3n) is 3.97. The fourth-order valence-corrected chi connectivity index (χ4v) is 4.28. The van der Waals surface area contributed by atoms with Gasteiger partial charge in [0.15, 0.2) is 0 Å². The molecule has 0 radical (unpaired) electrons. The molecule has 5 heteroatoms. The van der Waals surface area contributed by atoms with Gasteiger partial charge in [-0.2, -0.15) is 0 Å². The Morgan fingerprint density at radius 1 is 1.08 bits per heavy atom. The maximum atomic E-state index is 12.4. The number of amides is 1. The van der Waals surface area contributed by atoms with Crippen molar-refractivity contribution in [2.75, 3.05) is 0 Å². The minimum Gasteiger partial charge on any atom is -0.347 e. The van der Waals surface area contributed by atoms with Crippen LogP contribution < -0.4 is 5.32 Å². The van der Waals surface area contributed by atoms with Crippen LogP contribution in [0.15, 0.2) is 60.0 Å². The van der Waals surface area contributed by atoms with Gasteiger partial charge < -0.3 is 5.32 Å². The van der Waals surface area contributed by atoms with Crippen LogP contribution in [0.4, 0.5) is 0 Å². The molecule has 0 unspecified atom stereocenters. The zero-order chi connectivity index (χ0) is 17.2. The van der Waals surface area contributed by atoms with E-state index in [-0.39, 0.29) is 5.91 Å². The first-order valence-electron chi connectivity index (χ1n) is 7.97.